The van der Waals surface area contributed by atoms with Crippen molar-refractivity contribution in [1.82, 2.24) is 14.6 Å². The minimum absolute atomic E-state index is 0.0660. The van der Waals surface area contributed by atoms with Gasteiger partial charge in [-0.05, 0) is 31.2 Å². The van der Waals surface area contributed by atoms with E-state index in [0.717, 1.165) is 54.3 Å². The van der Waals surface area contributed by atoms with E-state index in [1.807, 2.05) is 25.1 Å². The van der Waals surface area contributed by atoms with Crippen LogP contribution in [-0.2, 0) is 4.74 Å². The summed E-state index contributed by atoms with van der Waals surface area (Å²) in [7, 11) is 0. The Bertz CT molecular complexity index is 1140. The number of fused-ring (bicyclic) bond motifs is 2. The number of nitrogens with two attached hydrogens (primary N) is 1. The summed E-state index contributed by atoms with van der Waals surface area (Å²) in [6, 6.07) is 11.8. The van der Waals surface area contributed by atoms with Crippen LogP contribution >= 0.6 is 0 Å². The first-order valence-electron chi connectivity index (χ1n) is 9.78. The van der Waals surface area contributed by atoms with Gasteiger partial charge in [0.25, 0.3) is 0 Å². The fourth-order valence-corrected chi connectivity index (χ4v) is 3.57. The van der Waals surface area contributed by atoms with Gasteiger partial charge in [-0.3, -0.25) is 0 Å². The molecule has 0 spiro atoms. The molecule has 8 heteroatoms. The lowest BCUT2D eigenvalue weighted by Gasteiger charge is -2.29. The second-order valence-electron chi connectivity index (χ2n) is 7.27. The highest BCUT2D eigenvalue weighted by atomic mass is 16.5. The Labute approximate surface area is 167 Å². The van der Waals surface area contributed by atoms with Gasteiger partial charge in [0.2, 0.25) is 5.88 Å². The van der Waals surface area contributed by atoms with E-state index in [9.17, 15) is 0 Å². The molecule has 1 aromatic carbocycles. The maximum atomic E-state index is 6.17. The van der Waals surface area contributed by atoms with Crippen molar-refractivity contribution in [3.05, 3.63) is 42.6 Å². The van der Waals surface area contributed by atoms with Gasteiger partial charge in [-0.15, -0.1) is 5.10 Å². The summed E-state index contributed by atoms with van der Waals surface area (Å²) in [4.78, 5) is 6.78. The first-order valence-corrected chi connectivity index (χ1v) is 9.78. The van der Waals surface area contributed by atoms with Crippen LogP contribution in [0.3, 0.4) is 0 Å². The molecule has 1 aliphatic rings. The number of hydrogen-bond donors (Lipinski definition) is 1. The van der Waals surface area contributed by atoms with Gasteiger partial charge in [0.1, 0.15) is 17.9 Å². The predicted molar refractivity (Wildman–Crippen MR) is 110 cm³/mol. The molecule has 0 saturated carbocycles. The van der Waals surface area contributed by atoms with E-state index in [0.29, 0.717) is 18.2 Å². The second kappa shape index (κ2) is 7.38. The summed E-state index contributed by atoms with van der Waals surface area (Å²) < 4.78 is 19.1. The summed E-state index contributed by atoms with van der Waals surface area (Å²) in [5, 5.41) is 5.63. The first-order chi connectivity index (χ1) is 14.2. The van der Waals surface area contributed by atoms with Crippen molar-refractivity contribution < 1.29 is 13.9 Å². The van der Waals surface area contributed by atoms with E-state index in [4.69, 9.17) is 19.6 Å². The number of rotatable bonds is 5. The van der Waals surface area contributed by atoms with Crippen molar-refractivity contribution in [2.24, 2.45) is 5.73 Å². The monoisotopic (exact) mass is 393 g/mol. The quantitative estimate of drug-likeness (QED) is 0.557. The number of nitrogens with zero attached hydrogens (tertiary/aromatic N) is 4. The van der Waals surface area contributed by atoms with Crippen LogP contribution in [0.5, 0.6) is 5.88 Å². The number of aromatic nitrogens is 3. The van der Waals surface area contributed by atoms with Crippen molar-refractivity contribution in [1.29, 1.82) is 0 Å². The number of hydrogen-bond acceptors (Lipinski definition) is 7. The molecule has 4 aromatic rings. The number of ether oxygens (including phenoxy) is 2. The van der Waals surface area contributed by atoms with Gasteiger partial charge in [-0.1, -0.05) is 6.07 Å². The van der Waals surface area contributed by atoms with Crippen LogP contribution in [-0.4, -0.2) is 53.6 Å². The molecule has 0 unspecified atom stereocenters. The number of imidazole rings is 1. The molecule has 8 nitrogen and oxygen atoms in total. The zero-order chi connectivity index (χ0) is 19.8. The molecule has 1 atom stereocenters. The summed E-state index contributed by atoms with van der Waals surface area (Å²) in [6.45, 7) is 5.51. The van der Waals surface area contributed by atoms with Crippen molar-refractivity contribution in [2.45, 2.75) is 13.0 Å². The summed E-state index contributed by atoms with van der Waals surface area (Å²) in [5.74, 6) is 1.21. The molecular formula is C21H23N5O3. The highest BCUT2D eigenvalue weighted by Crippen LogP contribution is 2.34. The third-order valence-corrected chi connectivity index (χ3v) is 4.97. The molecule has 1 fully saturated rings. The zero-order valence-electron chi connectivity index (χ0n) is 16.2. The van der Waals surface area contributed by atoms with Crippen molar-refractivity contribution >= 4 is 22.3 Å². The van der Waals surface area contributed by atoms with Gasteiger partial charge < -0.3 is 24.5 Å². The van der Waals surface area contributed by atoms with Gasteiger partial charge in [0.05, 0.1) is 19.4 Å². The average molecular weight is 393 g/mol. The van der Waals surface area contributed by atoms with E-state index in [-0.39, 0.29) is 6.04 Å². The highest BCUT2D eigenvalue weighted by Gasteiger charge is 2.18. The normalized spacial score (nSPS) is 15.9. The lowest BCUT2D eigenvalue weighted by molar-refractivity contribution is 0.123. The molecule has 3 aromatic heterocycles. The van der Waals surface area contributed by atoms with Crippen LogP contribution in [0.1, 0.15) is 6.92 Å². The summed E-state index contributed by atoms with van der Waals surface area (Å²) in [6.07, 6.45) is 1.77. The maximum Gasteiger partial charge on any atom is 0.231 e. The minimum Gasteiger partial charge on any atom is -0.475 e. The van der Waals surface area contributed by atoms with Crippen molar-refractivity contribution in [2.75, 3.05) is 37.8 Å². The predicted octanol–water partition coefficient (Wildman–Crippen LogP) is 2.71. The maximum absolute atomic E-state index is 6.17. The standard InChI is InChI=1S/C21H23N5O3/c1-14(22)13-28-21-6-5-20-23-12-17(26(20)24-21)19-11-15-16(3-2-4-18(15)29-19)25-7-9-27-10-8-25/h2-6,11-12,14H,7-10,13,22H2,1H3/t14-/m0/s1. The Hall–Kier alpha value is -3.10. The molecule has 0 amide bonds. The fourth-order valence-electron chi connectivity index (χ4n) is 3.57. The second-order valence-corrected chi connectivity index (χ2v) is 7.27. The Morgan fingerprint density at radius 1 is 1.21 bits per heavy atom. The van der Waals surface area contributed by atoms with Gasteiger partial charge >= 0.3 is 0 Å². The number of benzene rings is 1. The molecule has 29 heavy (non-hydrogen) atoms. The number of anilines is 1. The lowest BCUT2D eigenvalue weighted by atomic mass is 10.2. The largest absolute Gasteiger partial charge is 0.475 e. The van der Waals surface area contributed by atoms with Gasteiger partial charge in [0, 0.05) is 36.3 Å². The molecule has 2 N–H and O–H groups in total. The molecule has 0 radical (unpaired) electrons. The Morgan fingerprint density at radius 3 is 2.90 bits per heavy atom. The average Bonchev–Trinajstić information content (AvgIpc) is 3.36. The van der Waals surface area contributed by atoms with Crippen LogP contribution < -0.4 is 15.4 Å². The highest BCUT2D eigenvalue weighted by molar-refractivity contribution is 5.94. The van der Waals surface area contributed by atoms with E-state index < -0.39 is 0 Å². The molecular weight excluding hydrogens is 370 g/mol. The zero-order valence-corrected chi connectivity index (χ0v) is 16.2. The van der Waals surface area contributed by atoms with Crippen molar-refractivity contribution in [3.8, 4) is 17.3 Å². The van der Waals surface area contributed by atoms with Gasteiger partial charge in [-0.2, -0.15) is 0 Å². The topological polar surface area (TPSA) is 91.0 Å². The summed E-state index contributed by atoms with van der Waals surface area (Å²) >= 11 is 0. The number of furan rings is 1. The first kappa shape index (κ1) is 18.0. The van der Waals surface area contributed by atoms with Crippen molar-refractivity contribution in [3.63, 3.8) is 0 Å². The fraction of sp³-hybridized carbons (Fsp3) is 0.333. The molecule has 1 saturated heterocycles. The van der Waals surface area contributed by atoms with Crippen LogP contribution in [0.15, 0.2) is 47.0 Å². The van der Waals surface area contributed by atoms with Crippen LogP contribution in [0, 0.1) is 0 Å². The molecule has 0 aliphatic carbocycles. The van der Waals surface area contributed by atoms with E-state index in [1.165, 1.54) is 0 Å². The van der Waals surface area contributed by atoms with Gasteiger partial charge in [0.15, 0.2) is 11.4 Å². The summed E-state index contributed by atoms with van der Waals surface area (Å²) in [5.41, 5.74) is 9.26. The van der Waals surface area contributed by atoms with Crippen LogP contribution in [0.2, 0.25) is 0 Å². The molecule has 4 heterocycles. The van der Waals surface area contributed by atoms with Crippen LogP contribution in [0.4, 0.5) is 5.69 Å². The SMILES string of the molecule is C[C@H](N)COc1ccc2ncc(-c3cc4c(N5CCOCC5)cccc4o3)n2n1. The Kier molecular flexibility index (Phi) is 4.57. The minimum atomic E-state index is -0.0660. The van der Waals surface area contributed by atoms with E-state index >= 15 is 0 Å². The van der Waals surface area contributed by atoms with E-state index in [2.05, 4.69) is 27.1 Å². The van der Waals surface area contributed by atoms with Crippen LogP contribution in [0.25, 0.3) is 28.1 Å². The molecule has 150 valence electrons. The third-order valence-electron chi connectivity index (χ3n) is 4.97. The number of morpholine rings is 1. The van der Waals surface area contributed by atoms with E-state index in [1.54, 1.807) is 16.8 Å². The molecule has 0 bridgehead atoms. The Balaban J connectivity index is 1.55. The molecule has 1 aliphatic heterocycles. The third kappa shape index (κ3) is 3.41. The molecule has 5 rings (SSSR count). The smallest absolute Gasteiger partial charge is 0.231 e. The van der Waals surface area contributed by atoms with Gasteiger partial charge in [-0.25, -0.2) is 9.50 Å². The lowest BCUT2D eigenvalue weighted by Crippen LogP contribution is -2.36. The Morgan fingerprint density at radius 2 is 2.07 bits per heavy atom.